The van der Waals surface area contributed by atoms with Crippen molar-refractivity contribution >= 4 is 0 Å². The molecule has 0 bridgehead atoms. The number of halogens is 4. The molecule has 2 aliphatic rings. The monoisotopic (exact) mass is 214 g/mol. The van der Waals surface area contributed by atoms with Crippen LogP contribution in [0.4, 0.5) is 17.6 Å². The minimum atomic E-state index is -3.19. The zero-order chi connectivity index (χ0) is 10.7. The number of aliphatic hydroxyl groups is 2. The molecule has 4 atom stereocenters. The SMILES string of the molecule is OC[C@H]1[C@H]([C@H]2[C@H](CO)C2(F)F)C1(F)F. The Labute approximate surface area is 77.5 Å². The van der Waals surface area contributed by atoms with Gasteiger partial charge in [0.1, 0.15) is 0 Å². The van der Waals surface area contributed by atoms with E-state index in [1.165, 1.54) is 0 Å². The van der Waals surface area contributed by atoms with E-state index >= 15 is 0 Å². The molecule has 0 unspecified atom stereocenters. The van der Waals surface area contributed by atoms with Crippen molar-refractivity contribution in [3.8, 4) is 0 Å². The molecule has 14 heavy (non-hydrogen) atoms. The summed E-state index contributed by atoms with van der Waals surface area (Å²) in [6, 6.07) is 0. The first kappa shape index (κ1) is 10.2. The highest BCUT2D eigenvalue weighted by Gasteiger charge is 2.83. The minimum Gasteiger partial charge on any atom is -0.396 e. The van der Waals surface area contributed by atoms with Crippen molar-refractivity contribution in [2.24, 2.45) is 23.7 Å². The summed E-state index contributed by atoms with van der Waals surface area (Å²) >= 11 is 0. The Morgan fingerprint density at radius 2 is 1.07 bits per heavy atom. The molecule has 0 aromatic carbocycles. The minimum absolute atomic E-state index is 0.775. The van der Waals surface area contributed by atoms with Crippen molar-refractivity contribution in [3.63, 3.8) is 0 Å². The molecule has 0 spiro atoms. The molecule has 2 saturated carbocycles. The maximum atomic E-state index is 12.8. The highest BCUT2D eigenvalue weighted by Crippen LogP contribution is 2.71. The molecular weight excluding hydrogens is 204 g/mol. The molecule has 2 rings (SSSR count). The van der Waals surface area contributed by atoms with Gasteiger partial charge in [0.15, 0.2) is 0 Å². The first-order valence-electron chi connectivity index (χ1n) is 4.36. The average molecular weight is 214 g/mol. The number of alkyl halides is 4. The summed E-state index contributed by atoms with van der Waals surface area (Å²) in [4.78, 5) is 0. The van der Waals surface area contributed by atoms with Crippen LogP contribution >= 0.6 is 0 Å². The van der Waals surface area contributed by atoms with Crippen LogP contribution in [0.5, 0.6) is 0 Å². The Kier molecular flexibility index (Phi) is 1.89. The topological polar surface area (TPSA) is 40.5 Å². The molecule has 0 saturated heterocycles. The normalized spacial score (nSPS) is 47.6. The van der Waals surface area contributed by atoms with Crippen LogP contribution in [-0.2, 0) is 0 Å². The summed E-state index contributed by atoms with van der Waals surface area (Å²) in [5.41, 5.74) is 0. The van der Waals surface area contributed by atoms with Gasteiger partial charge in [0.05, 0.1) is 25.0 Å². The lowest BCUT2D eigenvalue weighted by molar-refractivity contribution is 0.0467. The summed E-state index contributed by atoms with van der Waals surface area (Å²) in [5, 5.41) is 17.1. The quantitative estimate of drug-likeness (QED) is 0.680. The van der Waals surface area contributed by atoms with Gasteiger partial charge in [-0.2, -0.15) is 0 Å². The summed E-state index contributed by atoms with van der Waals surface area (Å²) in [6.07, 6.45) is 0. The van der Waals surface area contributed by atoms with Crippen LogP contribution in [0.15, 0.2) is 0 Å². The number of hydrogen-bond donors (Lipinski definition) is 2. The Balaban J connectivity index is 2.07. The molecule has 2 N–H and O–H groups in total. The van der Waals surface area contributed by atoms with Crippen molar-refractivity contribution in [3.05, 3.63) is 0 Å². The van der Waals surface area contributed by atoms with E-state index in [-0.39, 0.29) is 0 Å². The van der Waals surface area contributed by atoms with Gasteiger partial charge in [-0.3, -0.25) is 0 Å². The summed E-state index contributed by atoms with van der Waals surface area (Å²) in [7, 11) is 0. The second-order valence-corrected chi connectivity index (χ2v) is 3.98. The highest BCUT2D eigenvalue weighted by atomic mass is 19.3. The Hall–Kier alpha value is -0.360. The van der Waals surface area contributed by atoms with Crippen LogP contribution in [0.3, 0.4) is 0 Å². The first-order chi connectivity index (χ1) is 6.39. The van der Waals surface area contributed by atoms with E-state index in [2.05, 4.69) is 0 Å². The highest BCUT2D eigenvalue weighted by molar-refractivity contribution is 5.20. The molecule has 6 heteroatoms. The van der Waals surface area contributed by atoms with Gasteiger partial charge < -0.3 is 10.2 Å². The molecule has 0 aromatic heterocycles. The maximum Gasteiger partial charge on any atom is 0.257 e. The Bertz CT molecular complexity index is 230. The smallest absolute Gasteiger partial charge is 0.257 e. The van der Waals surface area contributed by atoms with Crippen LogP contribution in [0.2, 0.25) is 0 Å². The molecule has 2 aliphatic carbocycles. The molecule has 0 aromatic rings. The van der Waals surface area contributed by atoms with Gasteiger partial charge in [0, 0.05) is 11.8 Å². The largest absolute Gasteiger partial charge is 0.396 e. The summed E-state index contributed by atoms with van der Waals surface area (Å²) in [6.45, 7) is -1.55. The average Bonchev–Trinajstić information content (AvgIpc) is 2.81. The molecule has 0 radical (unpaired) electrons. The fourth-order valence-corrected chi connectivity index (χ4v) is 2.28. The maximum absolute atomic E-state index is 12.8. The van der Waals surface area contributed by atoms with Gasteiger partial charge in [0.25, 0.3) is 11.8 Å². The van der Waals surface area contributed by atoms with E-state index in [0.29, 0.717) is 0 Å². The third-order valence-corrected chi connectivity index (χ3v) is 3.31. The lowest BCUT2D eigenvalue weighted by Gasteiger charge is -1.93. The molecule has 0 heterocycles. The van der Waals surface area contributed by atoms with Crippen LogP contribution in [0, 0.1) is 23.7 Å². The zero-order valence-corrected chi connectivity index (χ0v) is 7.13. The molecule has 0 aliphatic heterocycles. The van der Waals surface area contributed by atoms with E-state index in [1.54, 1.807) is 0 Å². The molecule has 2 fully saturated rings. The van der Waals surface area contributed by atoms with Gasteiger partial charge in [-0.05, 0) is 0 Å². The lowest BCUT2D eigenvalue weighted by Crippen LogP contribution is -2.01. The third kappa shape index (κ3) is 1.04. The van der Waals surface area contributed by atoms with Crippen LogP contribution in [0.25, 0.3) is 0 Å². The molecule has 82 valence electrons. The third-order valence-electron chi connectivity index (χ3n) is 3.31. The van der Waals surface area contributed by atoms with E-state index in [0.717, 1.165) is 0 Å². The van der Waals surface area contributed by atoms with Crippen LogP contribution in [0.1, 0.15) is 0 Å². The van der Waals surface area contributed by atoms with Crippen LogP contribution in [-0.4, -0.2) is 35.3 Å². The number of hydrogen-bond acceptors (Lipinski definition) is 2. The van der Waals surface area contributed by atoms with Crippen molar-refractivity contribution in [2.75, 3.05) is 13.2 Å². The predicted octanol–water partition coefficient (Wildman–Crippen LogP) is 0.734. The Morgan fingerprint density at radius 1 is 0.786 bits per heavy atom. The number of rotatable bonds is 3. The first-order valence-corrected chi connectivity index (χ1v) is 4.36. The van der Waals surface area contributed by atoms with Gasteiger partial charge in [-0.15, -0.1) is 0 Å². The molecule has 2 nitrogen and oxygen atoms in total. The van der Waals surface area contributed by atoms with E-state index in [4.69, 9.17) is 10.2 Å². The van der Waals surface area contributed by atoms with E-state index in [9.17, 15) is 17.6 Å². The second-order valence-electron chi connectivity index (χ2n) is 3.98. The van der Waals surface area contributed by atoms with Gasteiger partial charge in [-0.25, -0.2) is 17.6 Å². The summed E-state index contributed by atoms with van der Waals surface area (Å²) in [5.74, 6) is -12.0. The molecular formula is C8H10F4O2. The standard InChI is InChI=1S/C8H10F4O2/c9-7(10)3(1-13)5(7)6-4(2-14)8(6,11)12/h3-6,13-14H,1-2H2/t3-,4-,5+,6+/m0/s1. The van der Waals surface area contributed by atoms with Crippen molar-refractivity contribution in [1.29, 1.82) is 0 Å². The van der Waals surface area contributed by atoms with E-state index in [1.807, 2.05) is 0 Å². The summed E-state index contributed by atoms with van der Waals surface area (Å²) < 4.78 is 51.3. The molecule has 0 amide bonds. The number of aliphatic hydroxyl groups excluding tert-OH is 2. The fraction of sp³-hybridized carbons (Fsp3) is 1.00. The van der Waals surface area contributed by atoms with Gasteiger partial charge in [0.2, 0.25) is 0 Å². The van der Waals surface area contributed by atoms with Crippen molar-refractivity contribution < 1.29 is 27.8 Å². The van der Waals surface area contributed by atoms with Gasteiger partial charge in [-0.1, -0.05) is 0 Å². The Morgan fingerprint density at radius 3 is 1.21 bits per heavy atom. The second kappa shape index (κ2) is 2.61. The zero-order valence-electron chi connectivity index (χ0n) is 7.13. The lowest BCUT2D eigenvalue weighted by atomic mass is 10.2. The fourth-order valence-electron chi connectivity index (χ4n) is 2.28. The van der Waals surface area contributed by atoms with Crippen LogP contribution < -0.4 is 0 Å². The van der Waals surface area contributed by atoms with Crippen molar-refractivity contribution in [2.45, 2.75) is 11.8 Å². The predicted molar refractivity (Wildman–Crippen MR) is 38.0 cm³/mol. The van der Waals surface area contributed by atoms with Gasteiger partial charge >= 0.3 is 0 Å². The van der Waals surface area contributed by atoms with E-state index < -0.39 is 48.7 Å². The van der Waals surface area contributed by atoms with Crippen molar-refractivity contribution in [1.82, 2.24) is 0 Å².